The van der Waals surface area contributed by atoms with Crippen LogP contribution < -0.4 is 10.1 Å². The number of benzene rings is 1. The van der Waals surface area contributed by atoms with E-state index >= 15 is 0 Å². The molecule has 96 valence electrons. The number of hydrogen-bond donors (Lipinski definition) is 1. The van der Waals surface area contributed by atoms with Gasteiger partial charge < -0.3 is 10.1 Å². The predicted molar refractivity (Wildman–Crippen MR) is 68.4 cm³/mol. The highest BCUT2D eigenvalue weighted by molar-refractivity contribution is 7.03. The van der Waals surface area contributed by atoms with Gasteiger partial charge in [-0.1, -0.05) is 11.4 Å². The van der Waals surface area contributed by atoms with E-state index in [0.29, 0.717) is 5.75 Å². The van der Waals surface area contributed by atoms with Gasteiger partial charge in [0.25, 0.3) is 0 Å². The summed E-state index contributed by atoms with van der Waals surface area (Å²) in [6.45, 7) is 2.72. The Balaban J connectivity index is 2.45. The average Bonchev–Trinajstić information content (AvgIpc) is 2.89. The Morgan fingerprint density at radius 1 is 1.50 bits per heavy atom. The van der Waals surface area contributed by atoms with Crippen molar-refractivity contribution in [2.75, 3.05) is 13.7 Å². The Kier molecular flexibility index (Phi) is 4.22. The fraction of sp³-hybridized carbons (Fsp3) is 0.333. The van der Waals surface area contributed by atoms with Gasteiger partial charge in [-0.3, -0.25) is 0 Å². The molecule has 0 bridgehead atoms. The third-order valence-electron chi connectivity index (χ3n) is 2.58. The van der Waals surface area contributed by atoms with Crippen molar-refractivity contribution >= 4 is 11.5 Å². The molecule has 1 aromatic carbocycles. The second-order valence-electron chi connectivity index (χ2n) is 3.71. The van der Waals surface area contributed by atoms with Crippen LogP contribution >= 0.6 is 11.5 Å². The van der Waals surface area contributed by atoms with Gasteiger partial charge in [0.1, 0.15) is 11.6 Å². The Morgan fingerprint density at radius 3 is 2.94 bits per heavy atom. The Morgan fingerprint density at radius 2 is 2.33 bits per heavy atom. The topological polar surface area (TPSA) is 47.0 Å². The number of ether oxygens (including phenoxy) is 1. The van der Waals surface area contributed by atoms with Crippen LogP contribution in [0.3, 0.4) is 0 Å². The molecule has 1 heterocycles. The van der Waals surface area contributed by atoms with E-state index in [0.717, 1.165) is 17.8 Å². The first kappa shape index (κ1) is 12.9. The second kappa shape index (κ2) is 5.88. The summed E-state index contributed by atoms with van der Waals surface area (Å²) in [6, 6.07) is 4.25. The molecule has 6 heteroatoms. The van der Waals surface area contributed by atoms with Gasteiger partial charge in [0.05, 0.1) is 18.8 Å². The maximum atomic E-state index is 13.4. The molecule has 0 aliphatic heterocycles. The zero-order valence-electron chi connectivity index (χ0n) is 10.2. The molecule has 0 aliphatic carbocycles. The predicted octanol–water partition coefficient (Wildman–Crippen LogP) is 2.38. The molecule has 0 saturated heterocycles. The molecule has 1 aromatic heterocycles. The first-order valence-corrected chi connectivity index (χ1v) is 6.43. The lowest BCUT2D eigenvalue weighted by atomic mass is 10.0. The number of hydrogen-bond acceptors (Lipinski definition) is 5. The number of halogens is 1. The van der Waals surface area contributed by atoms with Crippen LogP contribution in [0.15, 0.2) is 23.6 Å². The summed E-state index contributed by atoms with van der Waals surface area (Å²) in [5.74, 6) is 0.340. The van der Waals surface area contributed by atoms with Crippen molar-refractivity contribution < 1.29 is 9.13 Å². The Labute approximate surface area is 109 Å². The normalized spacial score (nSPS) is 12.4. The van der Waals surface area contributed by atoms with Crippen molar-refractivity contribution in [2.24, 2.45) is 0 Å². The molecule has 0 radical (unpaired) electrons. The van der Waals surface area contributed by atoms with Crippen LogP contribution in [0.4, 0.5) is 4.39 Å². The van der Waals surface area contributed by atoms with Crippen molar-refractivity contribution in [3.8, 4) is 5.75 Å². The van der Waals surface area contributed by atoms with Gasteiger partial charge in [0.15, 0.2) is 0 Å². The molecule has 0 saturated carbocycles. The molecule has 18 heavy (non-hydrogen) atoms. The van der Waals surface area contributed by atoms with E-state index in [9.17, 15) is 4.39 Å². The summed E-state index contributed by atoms with van der Waals surface area (Å²) in [5, 5.41) is 9.15. The molecule has 4 nitrogen and oxygen atoms in total. The lowest BCUT2D eigenvalue weighted by Gasteiger charge is -2.18. The van der Waals surface area contributed by atoms with Crippen LogP contribution in [0, 0.1) is 5.82 Å². The van der Waals surface area contributed by atoms with E-state index in [4.69, 9.17) is 4.74 Å². The summed E-state index contributed by atoms with van der Waals surface area (Å²) >= 11 is 1.27. The maximum absolute atomic E-state index is 13.4. The molecular formula is C12H14FN3OS. The fourth-order valence-electron chi connectivity index (χ4n) is 1.81. The number of methoxy groups -OCH3 is 1. The van der Waals surface area contributed by atoms with Gasteiger partial charge >= 0.3 is 0 Å². The van der Waals surface area contributed by atoms with Gasteiger partial charge in [-0.05, 0) is 36.3 Å². The summed E-state index contributed by atoms with van der Waals surface area (Å²) < 4.78 is 22.5. The Bertz CT molecular complexity index is 504. The molecule has 1 unspecified atom stereocenters. The van der Waals surface area contributed by atoms with E-state index in [1.54, 1.807) is 13.2 Å². The van der Waals surface area contributed by atoms with Crippen LogP contribution in [0.25, 0.3) is 0 Å². The average molecular weight is 267 g/mol. The molecule has 1 N–H and O–H groups in total. The van der Waals surface area contributed by atoms with Gasteiger partial charge in [-0.2, -0.15) is 0 Å². The van der Waals surface area contributed by atoms with Crippen LogP contribution in [-0.4, -0.2) is 23.2 Å². The summed E-state index contributed by atoms with van der Waals surface area (Å²) in [5.41, 5.74) is 1.50. The van der Waals surface area contributed by atoms with Crippen LogP contribution in [-0.2, 0) is 0 Å². The summed E-state index contributed by atoms with van der Waals surface area (Å²) in [7, 11) is 1.57. The van der Waals surface area contributed by atoms with E-state index in [-0.39, 0.29) is 11.9 Å². The lowest BCUT2D eigenvalue weighted by Crippen LogP contribution is -2.23. The van der Waals surface area contributed by atoms with Crippen LogP contribution in [0.2, 0.25) is 0 Å². The first-order chi connectivity index (χ1) is 8.76. The molecular weight excluding hydrogens is 253 g/mol. The van der Waals surface area contributed by atoms with Gasteiger partial charge in [0, 0.05) is 10.9 Å². The number of aromatic nitrogens is 2. The molecule has 2 rings (SSSR count). The fourth-order valence-corrected chi connectivity index (χ4v) is 2.29. The molecule has 0 fully saturated rings. The van der Waals surface area contributed by atoms with Crippen LogP contribution in [0.5, 0.6) is 5.75 Å². The third kappa shape index (κ3) is 2.65. The minimum Gasteiger partial charge on any atom is -0.496 e. The standard InChI is InChI=1S/C12H14FN3OS/c1-3-14-12(10-7-18-16-15-10)9-6-8(13)4-5-11(9)17-2/h4-7,12,14H,3H2,1-2H3. The molecule has 0 amide bonds. The van der Waals surface area contributed by atoms with Gasteiger partial charge in [-0.25, -0.2) is 4.39 Å². The third-order valence-corrected chi connectivity index (χ3v) is 3.11. The lowest BCUT2D eigenvalue weighted by molar-refractivity contribution is 0.402. The SMILES string of the molecule is CCNC(c1csnn1)c1cc(F)ccc1OC. The molecule has 0 aliphatic rings. The smallest absolute Gasteiger partial charge is 0.124 e. The number of rotatable bonds is 5. The monoisotopic (exact) mass is 267 g/mol. The van der Waals surface area contributed by atoms with E-state index < -0.39 is 0 Å². The van der Waals surface area contributed by atoms with Gasteiger partial charge in [0.2, 0.25) is 0 Å². The van der Waals surface area contributed by atoms with Crippen molar-refractivity contribution in [3.05, 3.63) is 40.7 Å². The van der Waals surface area contributed by atoms with Crippen molar-refractivity contribution in [3.63, 3.8) is 0 Å². The molecule has 2 aromatic rings. The minimum absolute atomic E-state index is 0.209. The molecule has 0 spiro atoms. The van der Waals surface area contributed by atoms with E-state index in [1.807, 2.05) is 12.3 Å². The second-order valence-corrected chi connectivity index (χ2v) is 4.32. The molecule has 1 atom stereocenters. The van der Waals surface area contributed by atoms with Crippen molar-refractivity contribution in [2.45, 2.75) is 13.0 Å². The van der Waals surface area contributed by atoms with Crippen LogP contribution in [0.1, 0.15) is 24.2 Å². The Hall–Kier alpha value is -1.53. The quantitative estimate of drug-likeness (QED) is 0.903. The minimum atomic E-state index is -0.295. The zero-order valence-corrected chi connectivity index (χ0v) is 11.0. The van der Waals surface area contributed by atoms with E-state index in [1.165, 1.54) is 23.7 Å². The summed E-state index contributed by atoms with van der Waals surface area (Å²) in [4.78, 5) is 0. The highest BCUT2D eigenvalue weighted by Crippen LogP contribution is 2.30. The largest absolute Gasteiger partial charge is 0.496 e. The maximum Gasteiger partial charge on any atom is 0.124 e. The summed E-state index contributed by atoms with van der Waals surface area (Å²) in [6.07, 6.45) is 0. The van der Waals surface area contributed by atoms with E-state index in [2.05, 4.69) is 14.9 Å². The van der Waals surface area contributed by atoms with Gasteiger partial charge in [-0.15, -0.1) is 5.10 Å². The van der Waals surface area contributed by atoms with Crippen molar-refractivity contribution in [1.82, 2.24) is 14.9 Å². The first-order valence-electron chi connectivity index (χ1n) is 5.60. The number of nitrogens with one attached hydrogen (secondary N) is 1. The number of nitrogens with zero attached hydrogens (tertiary/aromatic N) is 2. The highest BCUT2D eigenvalue weighted by atomic mass is 32.1. The van der Waals surface area contributed by atoms with Crippen molar-refractivity contribution in [1.29, 1.82) is 0 Å². The zero-order chi connectivity index (χ0) is 13.0. The highest BCUT2D eigenvalue weighted by Gasteiger charge is 2.20.